The van der Waals surface area contributed by atoms with E-state index in [0.717, 1.165) is 43.6 Å². The van der Waals surface area contributed by atoms with E-state index in [1.165, 1.54) is 11.3 Å². The van der Waals surface area contributed by atoms with Gasteiger partial charge < -0.3 is 10.2 Å². The highest BCUT2D eigenvalue weighted by Crippen LogP contribution is 2.18. The van der Waals surface area contributed by atoms with Gasteiger partial charge in [0.05, 0.1) is 17.3 Å². The highest BCUT2D eigenvalue weighted by molar-refractivity contribution is 6.05. The van der Waals surface area contributed by atoms with E-state index in [1.807, 2.05) is 18.2 Å². The van der Waals surface area contributed by atoms with Crippen LogP contribution in [0.1, 0.15) is 15.9 Å². The van der Waals surface area contributed by atoms with Crippen molar-refractivity contribution in [1.82, 2.24) is 20.4 Å². The summed E-state index contributed by atoms with van der Waals surface area (Å²) >= 11 is 0. The molecule has 1 amide bonds. The molecule has 4 rings (SSSR count). The van der Waals surface area contributed by atoms with Crippen molar-refractivity contribution in [3.05, 3.63) is 59.8 Å². The molecule has 2 heterocycles. The van der Waals surface area contributed by atoms with Crippen molar-refractivity contribution in [2.75, 3.05) is 44.2 Å². The first-order chi connectivity index (χ1) is 13.2. The molecule has 0 saturated carbocycles. The second-order valence-electron chi connectivity index (χ2n) is 7.06. The lowest BCUT2D eigenvalue weighted by Crippen LogP contribution is -2.48. The van der Waals surface area contributed by atoms with Crippen LogP contribution in [0.3, 0.4) is 0 Å². The van der Waals surface area contributed by atoms with E-state index in [2.05, 4.69) is 56.5 Å². The molecule has 2 N–H and O–H groups in total. The molecule has 0 spiro atoms. The first-order valence-corrected chi connectivity index (χ1v) is 9.45. The van der Waals surface area contributed by atoms with Gasteiger partial charge in [0, 0.05) is 50.3 Å². The number of aromatic nitrogens is 2. The molecular weight excluding hydrogens is 338 g/mol. The van der Waals surface area contributed by atoms with E-state index in [0.29, 0.717) is 12.1 Å². The first kappa shape index (κ1) is 17.5. The zero-order chi connectivity index (χ0) is 18.6. The van der Waals surface area contributed by atoms with Crippen molar-refractivity contribution in [1.29, 1.82) is 0 Å². The standard InChI is InChI=1S/C21H25N5O/c1-16-4-2-6-18(14-16)26-12-10-25(11-13-26)9-8-22-21(27)19-7-3-5-17-15-23-24-20(17)19/h2-7,14-15H,8-13H2,1H3,(H,22,27)(H,23,24). The number of aryl methyl sites for hydroxylation is 1. The number of aromatic amines is 1. The average Bonchev–Trinajstić information content (AvgIpc) is 3.17. The van der Waals surface area contributed by atoms with Gasteiger partial charge in [0.1, 0.15) is 0 Å². The Bertz CT molecular complexity index is 927. The molecule has 0 aliphatic carbocycles. The summed E-state index contributed by atoms with van der Waals surface area (Å²) in [4.78, 5) is 17.3. The number of rotatable bonds is 5. The Balaban J connectivity index is 1.26. The summed E-state index contributed by atoms with van der Waals surface area (Å²) in [5.41, 5.74) is 4.04. The van der Waals surface area contributed by atoms with Crippen LogP contribution in [-0.4, -0.2) is 60.3 Å². The van der Waals surface area contributed by atoms with Gasteiger partial charge in [-0.1, -0.05) is 24.3 Å². The second kappa shape index (κ2) is 7.80. The number of nitrogens with zero attached hydrogens (tertiary/aromatic N) is 3. The summed E-state index contributed by atoms with van der Waals surface area (Å²) in [6.07, 6.45) is 1.74. The fourth-order valence-corrected chi connectivity index (χ4v) is 3.64. The summed E-state index contributed by atoms with van der Waals surface area (Å²) < 4.78 is 0. The molecule has 27 heavy (non-hydrogen) atoms. The highest BCUT2D eigenvalue weighted by atomic mass is 16.1. The second-order valence-corrected chi connectivity index (χ2v) is 7.06. The van der Waals surface area contributed by atoms with Crippen LogP contribution in [0.25, 0.3) is 10.9 Å². The minimum Gasteiger partial charge on any atom is -0.369 e. The predicted molar refractivity (Wildman–Crippen MR) is 108 cm³/mol. The number of hydrogen-bond donors (Lipinski definition) is 2. The van der Waals surface area contributed by atoms with E-state index in [-0.39, 0.29) is 5.91 Å². The van der Waals surface area contributed by atoms with E-state index in [1.54, 1.807) is 6.20 Å². The molecular formula is C21H25N5O. The molecule has 1 aliphatic heterocycles. The molecule has 1 aliphatic rings. The molecule has 0 radical (unpaired) electrons. The number of nitrogens with one attached hydrogen (secondary N) is 2. The monoisotopic (exact) mass is 363 g/mol. The fraction of sp³-hybridized carbons (Fsp3) is 0.333. The summed E-state index contributed by atoms with van der Waals surface area (Å²) in [6.45, 7) is 7.71. The maximum Gasteiger partial charge on any atom is 0.253 e. The van der Waals surface area contributed by atoms with E-state index < -0.39 is 0 Å². The first-order valence-electron chi connectivity index (χ1n) is 9.45. The lowest BCUT2D eigenvalue weighted by Gasteiger charge is -2.36. The zero-order valence-corrected chi connectivity index (χ0v) is 15.6. The van der Waals surface area contributed by atoms with Crippen LogP contribution < -0.4 is 10.2 Å². The molecule has 0 unspecified atom stereocenters. The SMILES string of the molecule is Cc1cccc(N2CCN(CCNC(=O)c3cccc4cn[nH]c34)CC2)c1. The van der Waals surface area contributed by atoms with Gasteiger partial charge >= 0.3 is 0 Å². The Labute approximate surface area is 159 Å². The van der Waals surface area contributed by atoms with Crippen LogP contribution in [0.5, 0.6) is 0 Å². The smallest absolute Gasteiger partial charge is 0.253 e. The quantitative estimate of drug-likeness (QED) is 0.731. The van der Waals surface area contributed by atoms with Crippen LogP contribution in [0.2, 0.25) is 0 Å². The Kier molecular flexibility index (Phi) is 5.07. The van der Waals surface area contributed by atoms with Gasteiger partial charge in [0.15, 0.2) is 0 Å². The molecule has 2 aromatic carbocycles. The Morgan fingerprint density at radius 1 is 1.15 bits per heavy atom. The van der Waals surface area contributed by atoms with Crippen molar-refractivity contribution in [3.8, 4) is 0 Å². The van der Waals surface area contributed by atoms with Crippen molar-refractivity contribution < 1.29 is 4.79 Å². The van der Waals surface area contributed by atoms with E-state index in [9.17, 15) is 4.79 Å². The Morgan fingerprint density at radius 3 is 2.78 bits per heavy atom. The van der Waals surface area contributed by atoms with E-state index in [4.69, 9.17) is 0 Å². The molecule has 0 atom stereocenters. The number of para-hydroxylation sites is 1. The Morgan fingerprint density at radius 2 is 1.96 bits per heavy atom. The third-order valence-corrected chi connectivity index (χ3v) is 5.17. The number of piperazine rings is 1. The number of carbonyl (C=O) groups is 1. The molecule has 140 valence electrons. The number of anilines is 1. The number of fused-ring (bicyclic) bond motifs is 1. The maximum atomic E-state index is 12.5. The van der Waals surface area contributed by atoms with Crippen molar-refractivity contribution in [3.63, 3.8) is 0 Å². The van der Waals surface area contributed by atoms with Crippen molar-refractivity contribution in [2.24, 2.45) is 0 Å². The summed E-state index contributed by atoms with van der Waals surface area (Å²) in [7, 11) is 0. The highest BCUT2D eigenvalue weighted by Gasteiger charge is 2.17. The normalized spacial score (nSPS) is 15.2. The third kappa shape index (κ3) is 3.95. The van der Waals surface area contributed by atoms with E-state index >= 15 is 0 Å². The van der Waals surface area contributed by atoms with Crippen molar-refractivity contribution in [2.45, 2.75) is 6.92 Å². The lowest BCUT2D eigenvalue weighted by atomic mass is 10.1. The average molecular weight is 363 g/mol. The summed E-state index contributed by atoms with van der Waals surface area (Å²) in [6, 6.07) is 14.3. The van der Waals surface area contributed by atoms with Gasteiger partial charge in [0.25, 0.3) is 5.91 Å². The van der Waals surface area contributed by atoms with Crippen LogP contribution >= 0.6 is 0 Å². The van der Waals surface area contributed by atoms with Gasteiger partial charge in [0.2, 0.25) is 0 Å². The molecule has 1 fully saturated rings. The van der Waals surface area contributed by atoms with Crippen LogP contribution in [0, 0.1) is 6.92 Å². The molecule has 6 heteroatoms. The van der Waals surface area contributed by atoms with Gasteiger partial charge in [-0.3, -0.25) is 14.8 Å². The maximum absolute atomic E-state index is 12.5. The number of hydrogen-bond acceptors (Lipinski definition) is 4. The summed E-state index contributed by atoms with van der Waals surface area (Å²) in [5, 5.41) is 10.9. The lowest BCUT2D eigenvalue weighted by molar-refractivity contribution is 0.0949. The van der Waals surface area contributed by atoms with Gasteiger partial charge in [-0.25, -0.2) is 0 Å². The molecule has 1 aromatic heterocycles. The van der Waals surface area contributed by atoms with Crippen LogP contribution in [0.15, 0.2) is 48.7 Å². The summed E-state index contributed by atoms with van der Waals surface area (Å²) in [5.74, 6) is -0.0525. The van der Waals surface area contributed by atoms with Crippen molar-refractivity contribution >= 4 is 22.5 Å². The molecule has 1 saturated heterocycles. The largest absolute Gasteiger partial charge is 0.369 e. The predicted octanol–water partition coefficient (Wildman–Crippen LogP) is 2.42. The number of carbonyl (C=O) groups excluding carboxylic acids is 1. The minimum absolute atomic E-state index is 0.0525. The van der Waals surface area contributed by atoms with Gasteiger partial charge in [-0.15, -0.1) is 0 Å². The number of amides is 1. The number of benzene rings is 2. The fourth-order valence-electron chi connectivity index (χ4n) is 3.64. The topological polar surface area (TPSA) is 64.3 Å². The molecule has 6 nitrogen and oxygen atoms in total. The van der Waals surface area contributed by atoms with Crippen LogP contribution in [-0.2, 0) is 0 Å². The van der Waals surface area contributed by atoms with Crippen LogP contribution in [0.4, 0.5) is 5.69 Å². The Hall–Kier alpha value is -2.86. The van der Waals surface area contributed by atoms with Gasteiger partial charge in [-0.05, 0) is 30.7 Å². The molecule has 0 bridgehead atoms. The number of H-pyrrole nitrogens is 1. The zero-order valence-electron chi connectivity index (χ0n) is 15.6. The molecule has 3 aromatic rings. The third-order valence-electron chi connectivity index (χ3n) is 5.17. The van der Waals surface area contributed by atoms with Gasteiger partial charge in [-0.2, -0.15) is 5.10 Å². The minimum atomic E-state index is -0.0525.